The predicted molar refractivity (Wildman–Crippen MR) is 325 cm³/mol. The first kappa shape index (κ1) is 72.1. The van der Waals surface area contributed by atoms with Crippen molar-refractivity contribution >= 4 is 17.9 Å². The normalized spacial score (nSPS) is 12.4. The summed E-state index contributed by atoms with van der Waals surface area (Å²) in [7, 11) is 0. The highest BCUT2D eigenvalue weighted by Crippen LogP contribution is 2.17. The first-order valence-corrected chi connectivity index (χ1v) is 32.8. The minimum absolute atomic E-state index is 0.0762. The zero-order chi connectivity index (χ0) is 54.3. The van der Waals surface area contributed by atoms with Gasteiger partial charge in [0.15, 0.2) is 6.10 Å². The average molecular weight is 1050 g/mol. The van der Waals surface area contributed by atoms with Gasteiger partial charge in [-0.2, -0.15) is 0 Å². The smallest absolute Gasteiger partial charge is 0.306 e. The van der Waals surface area contributed by atoms with Crippen molar-refractivity contribution in [1.82, 2.24) is 0 Å². The van der Waals surface area contributed by atoms with Crippen LogP contribution in [0, 0.1) is 0 Å². The van der Waals surface area contributed by atoms with Gasteiger partial charge in [0.25, 0.3) is 0 Å². The number of rotatable bonds is 60. The molecule has 1 unspecified atom stereocenters. The van der Waals surface area contributed by atoms with Crippen molar-refractivity contribution in [3.8, 4) is 0 Å². The largest absolute Gasteiger partial charge is 0.462 e. The molecular formula is C69H124O6. The van der Waals surface area contributed by atoms with Gasteiger partial charge >= 0.3 is 17.9 Å². The van der Waals surface area contributed by atoms with Crippen LogP contribution in [0.15, 0.2) is 60.8 Å². The van der Waals surface area contributed by atoms with Crippen LogP contribution < -0.4 is 0 Å². The zero-order valence-corrected chi connectivity index (χ0v) is 50.1. The van der Waals surface area contributed by atoms with Crippen molar-refractivity contribution in [3.05, 3.63) is 60.8 Å². The average Bonchev–Trinajstić information content (AvgIpc) is 3.41. The second-order valence-electron chi connectivity index (χ2n) is 22.0. The predicted octanol–water partition coefficient (Wildman–Crippen LogP) is 22.3. The summed E-state index contributed by atoms with van der Waals surface area (Å²) >= 11 is 0. The molecular weight excluding hydrogens is 925 g/mol. The Bertz CT molecular complexity index is 1340. The number of hydrogen-bond acceptors (Lipinski definition) is 6. The summed E-state index contributed by atoms with van der Waals surface area (Å²) in [6.07, 6.45) is 80.7. The lowest BCUT2D eigenvalue weighted by Gasteiger charge is -2.18. The number of ether oxygens (including phenoxy) is 3. The van der Waals surface area contributed by atoms with E-state index in [0.717, 1.165) is 70.6 Å². The van der Waals surface area contributed by atoms with Gasteiger partial charge in [0.1, 0.15) is 13.2 Å². The Morgan fingerprint density at radius 1 is 0.267 bits per heavy atom. The van der Waals surface area contributed by atoms with Crippen LogP contribution in [-0.2, 0) is 28.6 Å². The fourth-order valence-corrected chi connectivity index (χ4v) is 9.50. The first-order chi connectivity index (χ1) is 37.0. The Hall–Kier alpha value is -2.89. The molecule has 0 radical (unpaired) electrons. The van der Waals surface area contributed by atoms with E-state index in [1.54, 1.807) is 0 Å². The van der Waals surface area contributed by atoms with E-state index in [9.17, 15) is 14.4 Å². The fourth-order valence-electron chi connectivity index (χ4n) is 9.50. The molecule has 0 aromatic carbocycles. The molecule has 0 spiro atoms. The Labute approximate surface area is 466 Å². The van der Waals surface area contributed by atoms with Gasteiger partial charge in [-0.3, -0.25) is 14.4 Å². The van der Waals surface area contributed by atoms with Gasteiger partial charge in [0.05, 0.1) is 0 Å². The van der Waals surface area contributed by atoms with Gasteiger partial charge in [-0.1, -0.05) is 274 Å². The number of unbranched alkanes of at least 4 members (excludes halogenated alkanes) is 39. The van der Waals surface area contributed by atoms with Crippen molar-refractivity contribution < 1.29 is 28.6 Å². The van der Waals surface area contributed by atoms with Crippen LogP contribution in [0.4, 0.5) is 0 Å². The molecule has 0 rings (SSSR count). The van der Waals surface area contributed by atoms with Gasteiger partial charge in [-0.05, 0) is 109 Å². The van der Waals surface area contributed by atoms with Crippen molar-refractivity contribution in [2.24, 2.45) is 0 Å². The van der Waals surface area contributed by atoms with Crippen LogP contribution in [0.2, 0.25) is 0 Å². The monoisotopic (exact) mass is 1050 g/mol. The van der Waals surface area contributed by atoms with Crippen LogP contribution in [-0.4, -0.2) is 37.2 Å². The quantitative estimate of drug-likeness (QED) is 0.0261. The molecule has 0 aliphatic heterocycles. The van der Waals surface area contributed by atoms with E-state index in [4.69, 9.17) is 14.2 Å². The third-order valence-corrected chi connectivity index (χ3v) is 14.5. The number of hydrogen-bond donors (Lipinski definition) is 0. The standard InChI is InChI=1S/C69H124O6/c1-4-7-10-13-16-19-22-25-28-31-34-37-40-43-46-49-52-55-58-61-67(70)73-64-66(75-69(72)63-60-57-54-51-48-45-42-39-36-33-30-27-24-21-18-15-12-9-6-3)65-74-68(71)62-59-56-53-50-47-44-41-38-35-32-29-26-23-20-17-14-11-8-5-2/h16,18-19,21,25-30,66H,4-15,17,20,22-24,31-65H2,1-3H3/b19-16-,21-18-,28-25-,29-26-,30-27-. The summed E-state index contributed by atoms with van der Waals surface area (Å²) in [5, 5.41) is 0. The summed E-state index contributed by atoms with van der Waals surface area (Å²) in [6, 6.07) is 0. The lowest BCUT2D eigenvalue weighted by atomic mass is 10.1. The van der Waals surface area contributed by atoms with E-state index in [1.807, 2.05) is 0 Å². The fraction of sp³-hybridized carbons (Fsp3) is 0.812. The first-order valence-electron chi connectivity index (χ1n) is 32.8. The number of carbonyl (C=O) groups excluding carboxylic acids is 3. The minimum atomic E-state index is -0.780. The summed E-state index contributed by atoms with van der Waals surface area (Å²) in [6.45, 7) is 6.63. The van der Waals surface area contributed by atoms with E-state index in [-0.39, 0.29) is 31.1 Å². The molecule has 6 heteroatoms. The molecule has 75 heavy (non-hydrogen) atoms. The summed E-state index contributed by atoms with van der Waals surface area (Å²) in [4.78, 5) is 38.4. The SMILES string of the molecule is CCCCC/C=C\C/C=C\CCCCCCCCCCCC(=O)OCC(COC(=O)CCCCCCCCCCC/C=C\CCCCCCCC)OC(=O)CCCCCCCCCCC/C=C\C/C=C\CCCCC. The Balaban J connectivity index is 4.37. The zero-order valence-electron chi connectivity index (χ0n) is 50.1. The van der Waals surface area contributed by atoms with Crippen molar-refractivity contribution in [2.45, 2.75) is 348 Å². The van der Waals surface area contributed by atoms with Gasteiger partial charge in [-0.25, -0.2) is 0 Å². The van der Waals surface area contributed by atoms with E-state index in [0.29, 0.717) is 19.3 Å². The highest BCUT2D eigenvalue weighted by molar-refractivity contribution is 5.71. The molecule has 6 nitrogen and oxygen atoms in total. The van der Waals surface area contributed by atoms with E-state index in [2.05, 4.69) is 81.5 Å². The van der Waals surface area contributed by atoms with Gasteiger partial charge < -0.3 is 14.2 Å². The van der Waals surface area contributed by atoms with Gasteiger partial charge in [0.2, 0.25) is 0 Å². The molecule has 0 aliphatic carbocycles. The molecule has 0 N–H and O–H groups in total. The summed E-state index contributed by atoms with van der Waals surface area (Å²) in [5.41, 5.74) is 0. The highest BCUT2D eigenvalue weighted by atomic mass is 16.6. The molecule has 0 aromatic rings. The third-order valence-electron chi connectivity index (χ3n) is 14.5. The molecule has 0 heterocycles. The highest BCUT2D eigenvalue weighted by Gasteiger charge is 2.19. The topological polar surface area (TPSA) is 78.9 Å². The molecule has 0 saturated carbocycles. The molecule has 436 valence electrons. The molecule has 0 saturated heterocycles. The van der Waals surface area contributed by atoms with E-state index < -0.39 is 6.10 Å². The van der Waals surface area contributed by atoms with Crippen molar-refractivity contribution in [3.63, 3.8) is 0 Å². The second kappa shape index (κ2) is 63.6. The molecule has 0 aliphatic rings. The number of carbonyl (C=O) groups is 3. The maximum Gasteiger partial charge on any atom is 0.306 e. The Kier molecular flexibility index (Phi) is 61.2. The Morgan fingerprint density at radius 3 is 0.773 bits per heavy atom. The molecule has 1 atom stereocenters. The van der Waals surface area contributed by atoms with Crippen molar-refractivity contribution in [1.29, 1.82) is 0 Å². The van der Waals surface area contributed by atoms with Crippen LogP contribution in [0.1, 0.15) is 342 Å². The second-order valence-corrected chi connectivity index (χ2v) is 22.0. The number of allylic oxidation sites excluding steroid dienone is 10. The molecule has 0 amide bonds. The molecule has 0 fully saturated rings. The lowest BCUT2D eigenvalue weighted by Crippen LogP contribution is -2.30. The van der Waals surface area contributed by atoms with Crippen LogP contribution in [0.3, 0.4) is 0 Å². The third kappa shape index (κ3) is 61.8. The molecule has 0 bridgehead atoms. The van der Waals surface area contributed by atoms with Crippen LogP contribution in [0.5, 0.6) is 0 Å². The number of esters is 3. The summed E-state index contributed by atoms with van der Waals surface area (Å²) < 4.78 is 17.0. The van der Waals surface area contributed by atoms with Crippen LogP contribution >= 0.6 is 0 Å². The van der Waals surface area contributed by atoms with Crippen LogP contribution in [0.25, 0.3) is 0 Å². The van der Waals surface area contributed by atoms with E-state index in [1.165, 1.54) is 231 Å². The summed E-state index contributed by atoms with van der Waals surface area (Å²) in [5.74, 6) is -0.868. The van der Waals surface area contributed by atoms with Crippen molar-refractivity contribution in [2.75, 3.05) is 13.2 Å². The minimum Gasteiger partial charge on any atom is -0.462 e. The maximum absolute atomic E-state index is 12.9. The lowest BCUT2D eigenvalue weighted by molar-refractivity contribution is -0.167. The van der Waals surface area contributed by atoms with E-state index >= 15 is 0 Å². The van der Waals surface area contributed by atoms with Gasteiger partial charge in [0, 0.05) is 19.3 Å². The van der Waals surface area contributed by atoms with Gasteiger partial charge in [-0.15, -0.1) is 0 Å². The maximum atomic E-state index is 12.9. The Morgan fingerprint density at radius 2 is 0.480 bits per heavy atom. The molecule has 0 aromatic heterocycles.